The molecule has 0 fully saturated rings. The molecule has 0 aliphatic heterocycles. The third-order valence-corrected chi connectivity index (χ3v) is 1.66. The molecule has 0 atom stereocenters. The monoisotopic (exact) mass is 219 g/mol. The Morgan fingerprint density at radius 3 is 1.47 bits per heavy atom. The first kappa shape index (κ1) is 19.9. The number of unbranched alkanes of at least 4 members (excludes halogenated alkanes) is 4. The van der Waals surface area contributed by atoms with Crippen molar-refractivity contribution in [3.63, 3.8) is 0 Å². The Labute approximate surface area is 94.5 Å². The SMILES string of the molecule is CCCC(=O)[O-].CCCCCCC.CO. The molecule has 3 heteroatoms. The summed E-state index contributed by atoms with van der Waals surface area (Å²) in [5, 5.41) is 16.5. The van der Waals surface area contributed by atoms with Gasteiger partial charge in [0.1, 0.15) is 0 Å². The van der Waals surface area contributed by atoms with Crippen molar-refractivity contribution in [2.75, 3.05) is 7.11 Å². The Hall–Kier alpha value is -0.570. The van der Waals surface area contributed by atoms with Gasteiger partial charge in [0.25, 0.3) is 0 Å². The van der Waals surface area contributed by atoms with Crippen LogP contribution in [-0.2, 0) is 4.79 Å². The van der Waals surface area contributed by atoms with Crippen LogP contribution in [0.5, 0.6) is 0 Å². The van der Waals surface area contributed by atoms with Crippen molar-refractivity contribution in [3.05, 3.63) is 0 Å². The lowest BCUT2D eigenvalue weighted by atomic mass is 10.2. The predicted molar refractivity (Wildman–Crippen MR) is 62.5 cm³/mol. The third kappa shape index (κ3) is 42.4. The number of carboxylic acids is 1. The Balaban J connectivity index is -0.000000166. The van der Waals surface area contributed by atoms with Gasteiger partial charge in [-0.25, -0.2) is 0 Å². The van der Waals surface area contributed by atoms with E-state index in [1.807, 2.05) is 0 Å². The van der Waals surface area contributed by atoms with Crippen molar-refractivity contribution in [1.29, 1.82) is 0 Å². The van der Waals surface area contributed by atoms with E-state index in [4.69, 9.17) is 5.11 Å². The highest BCUT2D eigenvalue weighted by atomic mass is 16.4. The van der Waals surface area contributed by atoms with Crippen LogP contribution in [-0.4, -0.2) is 18.2 Å². The summed E-state index contributed by atoms with van der Waals surface area (Å²) in [4.78, 5) is 9.49. The molecule has 0 bridgehead atoms. The minimum atomic E-state index is -0.961. The summed E-state index contributed by atoms with van der Waals surface area (Å²) >= 11 is 0. The van der Waals surface area contributed by atoms with Gasteiger partial charge < -0.3 is 15.0 Å². The minimum absolute atomic E-state index is 0.181. The van der Waals surface area contributed by atoms with E-state index in [0.29, 0.717) is 6.42 Å². The van der Waals surface area contributed by atoms with E-state index in [1.54, 1.807) is 6.92 Å². The van der Waals surface area contributed by atoms with Crippen molar-refractivity contribution < 1.29 is 15.0 Å². The second kappa shape index (κ2) is 23.3. The van der Waals surface area contributed by atoms with Crippen LogP contribution in [0.25, 0.3) is 0 Å². The van der Waals surface area contributed by atoms with Gasteiger partial charge in [0, 0.05) is 13.1 Å². The molecule has 0 rings (SSSR count). The Kier molecular flexibility index (Phi) is 31.0. The van der Waals surface area contributed by atoms with Crippen molar-refractivity contribution in [1.82, 2.24) is 0 Å². The summed E-state index contributed by atoms with van der Waals surface area (Å²) in [6.45, 7) is 6.29. The first-order valence-corrected chi connectivity index (χ1v) is 5.83. The predicted octanol–water partition coefficient (Wildman–Crippen LogP) is 2.12. The molecule has 15 heavy (non-hydrogen) atoms. The quantitative estimate of drug-likeness (QED) is 0.696. The lowest BCUT2D eigenvalue weighted by Crippen LogP contribution is -2.20. The summed E-state index contributed by atoms with van der Waals surface area (Å²) < 4.78 is 0. The number of rotatable bonds is 6. The summed E-state index contributed by atoms with van der Waals surface area (Å²) in [6.07, 6.45) is 7.86. The van der Waals surface area contributed by atoms with Gasteiger partial charge in [0.15, 0.2) is 0 Å². The summed E-state index contributed by atoms with van der Waals surface area (Å²) in [5.74, 6) is -0.961. The molecule has 0 heterocycles. The molecule has 0 saturated carbocycles. The fourth-order valence-electron chi connectivity index (χ4n) is 0.881. The first-order chi connectivity index (χ1) is 7.18. The second-order valence-corrected chi connectivity index (χ2v) is 3.18. The topological polar surface area (TPSA) is 60.4 Å². The normalized spacial score (nSPS) is 8.07. The standard InChI is InChI=1S/C7H16.C4H8O2.CH4O/c1-3-5-7-6-4-2;1-2-3-4(5)6;1-2/h3-7H2,1-2H3;2-3H2,1H3,(H,5,6);2H,1H3/p-1. The molecule has 0 amide bonds. The Bertz CT molecular complexity index is 99.0. The highest BCUT2D eigenvalue weighted by Crippen LogP contribution is 2.00. The number of carbonyl (C=O) groups is 1. The van der Waals surface area contributed by atoms with Crippen LogP contribution in [0.3, 0.4) is 0 Å². The molecule has 0 radical (unpaired) electrons. The van der Waals surface area contributed by atoms with Crippen molar-refractivity contribution in [2.45, 2.75) is 65.7 Å². The van der Waals surface area contributed by atoms with Gasteiger partial charge in [-0.05, 0) is 6.42 Å². The van der Waals surface area contributed by atoms with E-state index in [9.17, 15) is 9.90 Å². The maximum atomic E-state index is 9.49. The zero-order valence-electron chi connectivity index (χ0n) is 10.7. The van der Waals surface area contributed by atoms with Crippen LogP contribution < -0.4 is 5.11 Å². The molecule has 94 valence electrons. The average Bonchev–Trinajstić information content (AvgIpc) is 2.22. The minimum Gasteiger partial charge on any atom is -0.550 e. The Morgan fingerprint density at radius 2 is 1.33 bits per heavy atom. The number of aliphatic hydroxyl groups is 1. The van der Waals surface area contributed by atoms with E-state index in [0.717, 1.165) is 7.11 Å². The van der Waals surface area contributed by atoms with Crippen LogP contribution in [0.1, 0.15) is 65.7 Å². The highest BCUT2D eigenvalue weighted by Gasteiger charge is 1.80. The number of carboxylic acid groups (broad SMARTS) is 1. The van der Waals surface area contributed by atoms with Crippen molar-refractivity contribution in [2.24, 2.45) is 0 Å². The van der Waals surface area contributed by atoms with E-state index in [-0.39, 0.29) is 6.42 Å². The molecular weight excluding hydrogens is 192 g/mol. The molecule has 0 aliphatic rings. The zero-order valence-corrected chi connectivity index (χ0v) is 10.7. The van der Waals surface area contributed by atoms with E-state index in [1.165, 1.54) is 32.1 Å². The third-order valence-electron chi connectivity index (χ3n) is 1.66. The molecular formula is C12H27O3-. The lowest BCUT2D eigenvalue weighted by Gasteiger charge is -1.92. The smallest absolute Gasteiger partial charge is 0.0414 e. The van der Waals surface area contributed by atoms with Gasteiger partial charge >= 0.3 is 0 Å². The summed E-state index contributed by atoms with van der Waals surface area (Å²) in [6, 6.07) is 0. The largest absolute Gasteiger partial charge is 0.550 e. The molecule has 0 aliphatic carbocycles. The van der Waals surface area contributed by atoms with Gasteiger partial charge in [-0.1, -0.05) is 59.3 Å². The van der Waals surface area contributed by atoms with Crippen LogP contribution >= 0.6 is 0 Å². The molecule has 0 aromatic rings. The Morgan fingerprint density at radius 1 is 0.933 bits per heavy atom. The second-order valence-electron chi connectivity index (χ2n) is 3.18. The number of hydrogen-bond donors (Lipinski definition) is 1. The summed E-state index contributed by atoms with van der Waals surface area (Å²) in [5.41, 5.74) is 0. The van der Waals surface area contributed by atoms with Crippen LogP contribution in [0.15, 0.2) is 0 Å². The van der Waals surface area contributed by atoms with Crippen LogP contribution in [0.2, 0.25) is 0 Å². The molecule has 0 aromatic carbocycles. The molecule has 1 N–H and O–H groups in total. The van der Waals surface area contributed by atoms with Gasteiger partial charge in [0.2, 0.25) is 0 Å². The fourth-order valence-corrected chi connectivity index (χ4v) is 0.881. The van der Waals surface area contributed by atoms with Gasteiger partial charge in [-0.3, -0.25) is 0 Å². The number of aliphatic carboxylic acids is 1. The number of carbonyl (C=O) groups excluding carboxylic acids is 1. The first-order valence-electron chi connectivity index (χ1n) is 5.83. The molecule has 0 spiro atoms. The van der Waals surface area contributed by atoms with Crippen molar-refractivity contribution >= 4 is 5.97 Å². The highest BCUT2D eigenvalue weighted by molar-refractivity contribution is 5.63. The molecule has 0 saturated heterocycles. The van der Waals surface area contributed by atoms with Gasteiger partial charge in [-0.15, -0.1) is 0 Å². The maximum absolute atomic E-state index is 9.49. The molecule has 3 nitrogen and oxygen atoms in total. The average molecular weight is 219 g/mol. The van der Waals surface area contributed by atoms with Gasteiger partial charge in [-0.2, -0.15) is 0 Å². The van der Waals surface area contributed by atoms with E-state index >= 15 is 0 Å². The fraction of sp³-hybridized carbons (Fsp3) is 0.917. The van der Waals surface area contributed by atoms with E-state index in [2.05, 4.69) is 13.8 Å². The lowest BCUT2D eigenvalue weighted by molar-refractivity contribution is -0.305. The van der Waals surface area contributed by atoms with Crippen LogP contribution in [0.4, 0.5) is 0 Å². The van der Waals surface area contributed by atoms with Gasteiger partial charge in [0.05, 0.1) is 0 Å². The molecule has 0 aromatic heterocycles. The summed E-state index contributed by atoms with van der Waals surface area (Å²) in [7, 11) is 1.00. The molecule has 0 unspecified atom stereocenters. The van der Waals surface area contributed by atoms with Crippen LogP contribution in [0, 0.1) is 0 Å². The zero-order chi connectivity index (χ0) is 12.5. The van der Waals surface area contributed by atoms with Crippen molar-refractivity contribution in [3.8, 4) is 0 Å². The maximum Gasteiger partial charge on any atom is 0.0414 e. The van der Waals surface area contributed by atoms with E-state index < -0.39 is 5.97 Å². The number of hydrogen-bond acceptors (Lipinski definition) is 3. The number of aliphatic hydroxyl groups excluding tert-OH is 1.